The summed E-state index contributed by atoms with van der Waals surface area (Å²) in [6, 6.07) is 8.23. The van der Waals surface area contributed by atoms with Gasteiger partial charge in [0, 0.05) is 16.0 Å². The highest BCUT2D eigenvalue weighted by Gasteiger charge is 2.33. The second-order valence-corrected chi connectivity index (χ2v) is 8.58. The second-order valence-electron chi connectivity index (χ2n) is 7.36. The molecule has 2 N–H and O–H groups in total. The standard InChI is InChI=1S/C22H13ClF2N4O3S/c23-15-3-1-10(24)5-13(15)19-21-16(7-12(9-30)29(21)8-18(31)27-19)26-22(32)20-14-6-11(25)2-4-17(14)33-28-20/h1-7,9,19H,8H2,(H,26,32)(H,27,31). The molecule has 33 heavy (non-hydrogen) atoms. The minimum atomic E-state index is -0.928. The Morgan fingerprint density at radius 1 is 1.21 bits per heavy atom. The maximum absolute atomic E-state index is 14.0. The number of aldehydes is 1. The van der Waals surface area contributed by atoms with Crippen LogP contribution in [-0.2, 0) is 11.3 Å². The molecule has 166 valence electrons. The van der Waals surface area contributed by atoms with E-state index in [1.54, 1.807) is 0 Å². The van der Waals surface area contributed by atoms with Gasteiger partial charge in [0.05, 0.1) is 27.8 Å². The van der Waals surface area contributed by atoms with Gasteiger partial charge in [0.1, 0.15) is 23.9 Å². The fourth-order valence-corrected chi connectivity index (χ4v) is 4.89. The van der Waals surface area contributed by atoms with Gasteiger partial charge >= 0.3 is 0 Å². The van der Waals surface area contributed by atoms with E-state index in [0.717, 1.165) is 11.5 Å². The van der Waals surface area contributed by atoms with E-state index < -0.39 is 29.5 Å². The van der Waals surface area contributed by atoms with Crippen LogP contribution >= 0.6 is 23.1 Å². The summed E-state index contributed by atoms with van der Waals surface area (Å²) >= 11 is 7.32. The van der Waals surface area contributed by atoms with E-state index in [9.17, 15) is 23.2 Å². The molecule has 0 spiro atoms. The van der Waals surface area contributed by atoms with Crippen LogP contribution in [0.15, 0.2) is 42.5 Å². The number of anilines is 1. The molecular weight excluding hydrogens is 474 g/mol. The predicted molar refractivity (Wildman–Crippen MR) is 119 cm³/mol. The zero-order valence-corrected chi connectivity index (χ0v) is 18.1. The third kappa shape index (κ3) is 3.66. The first-order valence-corrected chi connectivity index (χ1v) is 10.8. The van der Waals surface area contributed by atoms with Gasteiger partial charge in [-0.1, -0.05) is 11.6 Å². The summed E-state index contributed by atoms with van der Waals surface area (Å²) in [6.45, 7) is -0.173. The predicted octanol–water partition coefficient (Wildman–Crippen LogP) is 4.31. The van der Waals surface area contributed by atoms with Gasteiger partial charge in [-0.3, -0.25) is 14.4 Å². The second kappa shape index (κ2) is 8.05. The number of halogens is 3. The molecule has 5 rings (SSSR count). The van der Waals surface area contributed by atoms with Gasteiger partial charge in [-0.05, 0) is 54.0 Å². The van der Waals surface area contributed by atoms with Gasteiger partial charge < -0.3 is 15.2 Å². The van der Waals surface area contributed by atoms with Crippen molar-refractivity contribution in [3.05, 3.63) is 81.8 Å². The smallest absolute Gasteiger partial charge is 0.276 e. The first kappa shape index (κ1) is 21.2. The summed E-state index contributed by atoms with van der Waals surface area (Å²) in [5.41, 5.74) is 0.982. The number of amides is 2. The van der Waals surface area contributed by atoms with Gasteiger partial charge in [-0.25, -0.2) is 8.78 Å². The largest absolute Gasteiger partial charge is 0.342 e. The molecule has 0 radical (unpaired) electrons. The highest BCUT2D eigenvalue weighted by molar-refractivity contribution is 7.13. The van der Waals surface area contributed by atoms with Gasteiger partial charge in [-0.2, -0.15) is 4.37 Å². The zero-order valence-electron chi connectivity index (χ0n) is 16.6. The monoisotopic (exact) mass is 486 g/mol. The van der Waals surface area contributed by atoms with Gasteiger partial charge in [0.2, 0.25) is 5.91 Å². The van der Waals surface area contributed by atoms with E-state index in [-0.39, 0.29) is 34.2 Å². The molecule has 3 heterocycles. The Hall–Kier alpha value is -3.63. The molecule has 1 aliphatic heterocycles. The number of hydrogen-bond donors (Lipinski definition) is 2. The average Bonchev–Trinajstić information content (AvgIpc) is 3.35. The van der Waals surface area contributed by atoms with Crippen LogP contribution in [0.4, 0.5) is 14.5 Å². The Morgan fingerprint density at radius 3 is 2.76 bits per heavy atom. The van der Waals surface area contributed by atoms with Gasteiger partial charge in [-0.15, -0.1) is 0 Å². The Labute approximate surface area is 194 Å². The number of carbonyl (C=O) groups excluding carboxylic acids is 3. The maximum atomic E-state index is 14.0. The van der Waals surface area contributed by atoms with E-state index in [0.29, 0.717) is 22.1 Å². The molecule has 0 aliphatic carbocycles. The molecule has 4 aromatic rings. The molecule has 1 atom stereocenters. The quantitative estimate of drug-likeness (QED) is 0.420. The zero-order chi connectivity index (χ0) is 23.3. The lowest BCUT2D eigenvalue weighted by Gasteiger charge is -2.28. The molecule has 1 unspecified atom stereocenters. The maximum Gasteiger partial charge on any atom is 0.276 e. The molecule has 2 aromatic carbocycles. The first-order valence-electron chi connectivity index (χ1n) is 9.65. The minimum absolute atomic E-state index is 0.0160. The van der Waals surface area contributed by atoms with Crippen molar-refractivity contribution in [3.63, 3.8) is 0 Å². The fourth-order valence-electron chi connectivity index (χ4n) is 3.91. The average molecular weight is 487 g/mol. The normalized spacial score (nSPS) is 15.2. The number of rotatable bonds is 4. The Balaban J connectivity index is 1.61. The van der Waals surface area contributed by atoms with Crippen LogP contribution in [0, 0.1) is 11.6 Å². The Bertz CT molecular complexity index is 1470. The van der Waals surface area contributed by atoms with E-state index in [1.807, 2.05) is 0 Å². The minimum Gasteiger partial charge on any atom is -0.342 e. The first-order chi connectivity index (χ1) is 15.9. The molecule has 0 saturated carbocycles. The van der Waals surface area contributed by atoms with E-state index in [2.05, 4.69) is 15.0 Å². The van der Waals surface area contributed by atoms with Gasteiger partial charge in [0.25, 0.3) is 5.91 Å². The molecule has 2 amide bonds. The highest BCUT2D eigenvalue weighted by atomic mass is 35.5. The van der Waals surface area contributed by atoms with Crippen LogP contribution in [0.3, 0.4) is 0 Å². The molecule has 0 fully saturated rings. The summed E-state index contributed by atoms with van der Waals surface area (Å²) in [4.78, 5) is 37.1. The number of carbonyl (C=O) groups is 3. The van der Waals surface area contributed by atoms with E-state index in [1.165, 1.54) is 47.0 Å². The topological polar surface area (TPSA) is 93.1 Å². The van der Waals surface area contributed by atoms with Crippen molar-refractivity contribution >= 4 is 57.0 Å². The van der Waals surface area contributed by atoms with E-state index >= 15 is 0 Å². The van der Waals surface area contributed by atoms with Crippen molar-refractivity contribution in [2.24, 2.45) is 0 Å². The van der Waals surface area contributed by atoms with Crippen LogP contribution in [0.25, 0.3) is 10.1 Å². The Morgan fingerprint density at radius 2 is 1.97 bits per heavy atom. The molecular formula is C22H13ClF2N4O3S. The van der Waals surface area contributed by atoms with Crippen molar-refractivity contribution in [3.8, 4) is 0 Å². The molecule has 0 bridgehead atoms. The van der Waals surface area contributed by atoms with Crippen LogP contribution in [0.1, 0.15) is 38.3 Å². The third-order valence-corrected chi connectivity index (χ3v) is 6.51. The lowest BCUT2D eigenvalue weighted by atomic mass is 10.0. The summed E-state index contributed by atoms with van der Waals surface area (Å²) in [5.74, 6) is -2.11. The number of benzene rings is 2. The summed E-state index contributed by atoms with van der Waals surface area (Å²) in [5, 5.41) is 5.98. The lowest BCUT2D eigenvalue weighted by molar-refractivity contribution is -0.123. The summed E-state index contributed by atoms with van der Waals surface area (Å²) in [6.07, 6.45) is 0.551. The van der Waals surface area contributed by atoms with Crippen molar-refractivity contribution < 1.29 is 23.2 Å². The van der Waals surface area contributed by atoms with Crippen molar-refractivity contribution in [2.45, 2.75) is 12.6 Å². The number of fused-ring (bicyclic) bond motifs is 2. The van der Waals surface area contributed by atoms with Crippen molar-refractivity contribution in [2.75, 3.05) is 5.32 Å². The number of nitrogens with zero attached hydrogens (tertiary/aromatic N) is 2. The van der Waals surface area contributed by atoms with Crippen LogP contribution < -0.4 is 10.6 Å². The van der Waals surface area contributed by atoms with Crippen LogP contribution in [0.2, 0.25) is 5.02 Å². The van der Waals surface area contributed by atoms with E-state index in [4.69, 9.17) is 11.6 Å². The van der Waals surface area contributed by atoms with Gasteiger partial charge in [0.15, 0.2) is 6.29 Å². The number of hydrogen-bond acceptors (Lipinski definition) is 5. The molecule has 7 nitrogen and oxygen atoms in total. The number of aromatic nitrogens is 2. The molecule has 0 saturated heterocycles. The third-order valence-electron chi connectivity index (χ3n) is 5.34. The molecule has 1 aliphatic rings. The fraction of sp³-hybridized carbons (Fsp3) is 0.0909. The number of nitrogens with one attached hydrogen (secondary N) is 2. The Kier molecular flexibility index (Phi) is 5.18. The molecule has 11 heteroatoms. The van der Waals surface area contributed by atoms with Crippen LogP contribution in [0.5, 0.6) is 0 Å². The SMILES string of the molecule is O=Cc1cc(NC(=O)c2nsc3ccc(F)cc23)c2n1CC(=O)NC2c1cc(F)ccc1Cl. The van der Waals surface area contributed by atoms with Crippen LogP contribution in [-0.4, -0.2) is 27.0 Å². The van der Waals surface area contributed by atoms with Crippen molar-refractivity contribution in [1.29, 1.82) is 0 Å². The molecule has 2 aromatic heterocycles. The summed E-state index contributed by atoms with van der Waals surface area (Å²) < 4.78 is 33.9. The summed E-state index contributed by atoms with van der Waals surface area (Å²) in [7, 11) is 0. The van der Waals surface area contributed by atoms with Crippen molar-refractivity contribution in [1.82, 2.24) is 14.3 Å². The highest BCUT2D eigenvalue weighted by Crippen LogP contribution is 2.37. The lowest BCUT2D eigenvalue weighted by Crippen LogP contribution is -2.40.